The number of nitrogens with zero attached hydrogens (tertiary/aromatic N) is 1. The lowest BCUT2D eigenvalue weighted by atomic mass is 10.4. The number of alkyl halides is 1. The fourth-order valence-electron chi connectivity index (χ4n) is 1.25. The molecule has 1 aromatic rings. The van der Waals surface area contributed by atoms with Crippen molar-refractivity contribution >= 4 is 27.7 Å². The fraction of sp³-hybridized carbons (Fsp3) is 0.500. The van der Waals surface area contributed by atoms with Crippen LogP contribution in [0.1, 0.15) is 16.9 Å². The predicted molar refractivity (Wildman–Crippen MR) is 69.0 cm³/mol. The number of nitrogens with one attached hydrogen (secondary N) is 2. The maximum absolute atomic E-state index is 11.6. The molecule has 0 saturated heterocycles. The zero-order chi connectivity index (χ0) is 13.4. The van der Waals surface area contributed by atoms with Crippen molar-refractivity contribution in [3.8, 4) is 0 Å². The minimum Gasteiger partial charge on any atom is -0.381 e. The molecule has 0 aliphatic heterocycles. The van der Waals surface area contributed by atoms with Crippen molar-refractivity contribution in [1.29, 1.82) is 0 Å². The smallest absolute Gasteiger partial charge is 0.321 e. The van der Waals surface area contributed by atoms with Crippen LogP contribution in [0.2, 0.25) is 0 Å². The Kier molecular flexibility index (Phi) is 6.37. The quantitative estimate of drug-likeness (QED) is 0.328. The first-order chi connectivity index (χ1) is 8.65. The summed E-state index contributed by atoms with van der Waals surface area (Å²) < 4.78 is 5.21. The third kappa shape index (κ3) is 4.84. The maximum Gasteiger partial charge on any atom is 0.321 e. The summed E-state index contributed by atoms with van der Waals surface area (Å²) in [4.78, 5) is 23.8. The number of carbonyl (C=O) groups excluding carboxylic acids is 1. The van der Waals surface area contributed by atoms with Crippen LogP contribution in [0, 0.1) is 10.1 Å². The van der Waals surface area contributed by atoms with Crippen LogP contribution < -0.4 is 5.32 Å². The molecule has 1 amide bonds. The number of amides is 1. The summed E-state index contributed by atoms with van der Waals surface area (Å²) in [6, 6.07) is 2.64. The third-order valence-corrected chi connectivity index (χ3v) is 2.41. The highest BCUT2D eigenvalue weighted by Gasteiger charge is 2.14. The number of aromatic nitrogens is 1. The molecule has 0 bridgehead atoms. The van der Waals surface area contributed by atoms with Crippen LogP contribution in [-0.4, -0.2) is 40.9 Å². The van der Waals surface area contributed by atoms with E-state index in [1.165, 1.54) is 12.1 Å². The van der Waals surface area contributed by atoms with Gasteiger partial charge in [0.05, 0.1) is 6.61 Å². The molecular formula is C10H14BrN3O4. The summed E-state index contributed by atoms with van der Waals surface area (Å²) in [6.07, 6.45) is 0.696. The van der Waals surface area contributed by atoms with Gasteiger partial charge in [-0.15, -0.1) is 0 Å². The lowest BCUT2D eigenvalue weighted by molar-refractivity contribution is -0.389. The second kappa shape index (κ2) is 7.83. The minimum absolute atomic E-state index is 0.183. The first-order valence-corrected chi connectivity index (χ1v) is 6.52. The van der Waals surface area contributed by atoms with Gasteiger partial charge in [-0.05, 0) is 17.4 Å². The number of carbonyl (C=O) groups is 1. The Morgan fingerprint density at radius 3 is 2.89 bits per heavy atom. The number of hydrogen-bond acceptors (Lipinski definition) is 4. The Morgan fingerprint density at radius 1 is 1.50 bits per heavy atom. The predicted octanol–water partition coefficient (Wildman–Crippen LogP) is 1.45. The van der Waals surface area contributed by atoms with Gasteiger partial charge in [0.25, 0.3) is 5.91 Å². The van der Waals surface area contributed by atoms with Gasteiger partial charge in [-0.2, -0.15) is 0 Å². The summed E-state index contributed by atoms with van der Waals surface area (Å²) in [5, 5.41) is 13.8. The van der Waals surface area contributed by atoms with Crippen LogP contribution in [0.5, 0.6) is 0 Å². The molecule has 0 spiro atoms. The number of ether oxygens (including phenoxy) is 1. The van der Waals surface area contributed by atoms with Gasteiger partial charge < -0.3 is 20.2 Å². The zero-order valence-electron chi connectivity index (χ0n) is 9.65. The highest BCUT2D eigenvalue weighted by atomic mass is 79.9. The normalized spacial score (nSPS) is 10.3. The van der Waals surface area contributed by atoms with Gasteiger partial charge in [0.2, 0.25) is 0 Å². The lowest BCUT2D eigenvalue weighted by Gasteiger charge is -2.03. The van der Waals surface area contributed by atoms with E-state index < -0.39 is 4.92 Å². The van der Waals surface area contributed by atoms with E-state index in [0.29, 0.717) is 26.2 Å². The Hall–Kier alpha value is -1.41. The molecule has 0 saturated carbocycles. The van der Waals surface area contributed by atoms with Gasteiger partial charge in [0, 0.05) is 24.5 Å². The molecule has 0 atom stereocenters. The van der Waals surface area contributed by atoms with Crippen LogP contribution in [0.25, 0.3) is 0 Å². The monoisotopic (exact) mass is 319 g/mol. The zero-order valence-corrected chi connectivity index (χ0v) is 11.2. The van der Waals surface area contributed by atoms with Gasteiger partial charge >= 0.3 is 5.82 Å². The van der Waals surface area contributed by atoms with Crippen LogP contribution in [0.3, 0.4) is 0 Å². The van der Waals surface area contributed by atoms with Gasteiger partial charge in [-0.3, -0.25) is 4.79 Å². The van der Waals surface area contributed by atoms with E-state index in [2.05, 4.69) is 26.2 Å². The Balaban J connectivity index is 2.25. The summed E-state index contributed by atoms with van der Waals surface area (Å²) in [5.74, 6) is -0.551. The van der Waals surface area contributed by atoms with Crippen molar-refractivity contribution in [2.75, 3.05) is 25.1 Å². The molecule has 2 N–H and O–H groups in total. The second-order valence-electron chi connectivity index (χ2n) is 3.43. The van der Waals surface area contributed by atoms with Gasteiger partial charge in [-0.25, -0.2) is 4.98 Å². The highest BCUT2D eigenvalue weighted by Crippen LogP contribution is 2.09. The SMILES string of the molecule is O=C(NCCCOCCBr)c1ccc([N+](=O)[O-])[nH]1. The fourth-order valence-corrected chi connectivity index (χ4v) is 1.48. The molecule has 0 aliphatic rings. The van der Waals surface area contributed by atoms with Gasteiger partial charge in [-0.1, -0.05) is 15.9 Å². The van der Waals surface area contributed by atoms with E-state index in [1.807, 2.05) is 0 Å². The summed E-state index contributed by atoms with van der Waals surface area (Å²) in [6.45, 7) is 1.67. The molecule has 0 unspecified atom stereocenters. The molecule has 1 rings (SSSR count). The molecule has 1 aromatic heterocycles. The molecule has 100 valence electrons. The van der Waals surface area contributed by atoms with Crippen molar-refractivity contribution in [3.63, 3.8) is 0 Å². The number of aromatic amines is 1. The van der Waals surface area contributed by atoms with Crippen molar-refractivity contribution < 1.29 is 14.5 Å². The highest BCUT2D eigenvalue weighted by molar-refractivity contribution is 9.09. The average molecular weight is 320 g/mol. The summed E-state index contributed by atoms with van der Waals surface area (Å²) in [5.41, 5.74) is 0.183. The second-order valence-corrected chi connectivity index (χ2v) is 4.22. The Bertz CT molecular complexity index is 408. The molecule has 18 heavy (non-hydrogen) atoms. The standard InChI is InChI=1S/C10H14BrN3O4/c11-4-7-18-6-1-5-12-10(15)8-2-3-9(13-8)14(16)17/h2-3,13H,1,4-7H2,(H,12,15). The van der Waals surface area contributed by atoms with Gasteiger partial charge in [0.15, 0.2) is 5.69 Å². The van der Waals surface area contributed by atoms with E-state index in [1.54, 1.807) is 0 Å². The van der Waals surface area contributed by atoms with E-state index in [9.17, 15) is 14.9 Å². The summed E-state index contributed by atoms with van der Waals surface area (Å²) >= 11 is 3.23. The van der Waals surface area contributed by atoms with Crippen LogP contribution >= 0.6 is 15.9 Å². The van der Waals surface area contributed by atoms with Crippen molar-refractivity contribution in [2.45, 2.75) is 6.42 Å². The summed E-state index contributed by atoms with van der Waals surface area (Å²) in [7, 11) is 0. The van der Waals surface area contributed by atoms with E-state index in [0.717, 1.165) is 5.33 Å². The molecule has 1 heterocycles. The van der Waals surface area contributed by atoms with Crippen molar-refractivity contribution in [3.05, 3.63) is 27.9 Å². The third-order valence-electron chi connectivity index (χ3n) is 2.08. The van der Waals surface area contributed by atoms with Crippen LogP contribution in [-0.2, 0) is 4.74 Å². The first kappa shape index (κ1) is 14.7. The number of nitro groups is 1. The molecule has 0 radical (unpaired) electrons. The van der Waals surface area contributed by atoms with Crippen molar-refractivity contribution in [2.24, 2.45) is 0 Å². The topological polar surface area (TPSA) is 97.3 Å². The number of hydrogen-bond donors (Lipinski definition) is 2. The largest absolute Gasteiger partial charge is 0.381 e. The Labute approximate surface area is 112 Å². The van der Waals surface area contributed by atoms with E-state index in [-0.39, 0.29) is 17.4 Å². The van der Waals surface area contributed by atoms with E-state index >= 15 is 0 Å². The molecule has 0 aliphatic carbocycles. The number of halogens is 1. The van der Waals surface area contributed by atoms with Crippen LogP contribution in [0.4, 0.5) is 5.82 Å². The van der Waals surface area contributed by atoms with E-state index in [4.69, 9.17) is 4.74 Å². The lowest BCUT2D eigenvalue weighted by Crippen LogP contribution is -2.25. The van der Waals surface area contributed by atoms with Gasteiger partial charge in [0.1, 0.15) is 0 Å². The average Bonchev–Trinajstić information content (AvgIpc) is 2.83. The minimum atomic E-state index is -0.578. The van der Waals surface area contributed by atoms with Crippen molar-refractivity contribution in [1.82, 2.24) is 10.3 Å². The molecular weight excluding hydrogens is 306 g/mol. The molecule has 7 nitrogen and oxygen atoms in total. The van der Waals surface area contributed by atoms with Crippen LogP contribution in [0.15, 0.2) is 12.1 Å². The Morgan fingerprint density at radius 2 is 2.28 bits per heavy atom. The number of H-pyrrole nitrogens is 1. The molecule has 8 heteroatoms. The molecule has 0 aromatic carbocycles. The molecule has 0 fully saturated rings. The first-order valence-electron chi connectivity index (χ1n) is 5.40. The maximum atomic E-state index is 11.6. The number of rotatable bonds is 8.